The molecule has 0 radical (unpaired) electrons. The molecule has 0 atom stereocenters. The molecule has 0 spiro atoms. The van der Waals surface area contributed by atoms with Gasteiger partial charge in [0.1, 0.15) is 5.75 Å². The summed E-state index contributed by atoms with van der Waals surface area (Å²) in [5.41, 5.74) is 0. The first-order chi connectivity index (χ1) is 7.63. The number of carbonyl (C=O) groups excluding carboxylic acids is 1. The van der Waals surface area contributed by atoms with E-state index in [2.05, 4.69) is 5.92 Å². The third kappa shape index (κ3) is 3.84. The maximum absolute atomic E-state index is 11.5. The molecule has 0 unspecified atom stereocenters. The predicted octanol–water partition coefficient (Wildman–Crippen LogP) is 1.81. The van der Waals surface area contributed by atoms with Crippen LogP contribution < -0.4 is 4.74 Å². The number of amides is 1. The third-order valence-electron chi connectivity index (χ3n) is 1.93. The normalized spacial score (nSPS) is 9.31. The Kier molecular flexibility index (Phi) is 4.68. The molecule has 1 rings (SSSR count). The Balaban J connectivity index is 2.43. The minimum Gasteiger partial charge on any atom is -0.484 e. The van der Waals surface area contributed by atoms with E-state index in [-0.39, 0.29) is 19.1 Å². The Labute approximate surface area is 100.0 Å². The van der Waals surface area contributed by atoms with E-state index in [4.69, 9.17) is 22.8 Å². The van der Waals surface area contributed by atoms with E-state index in [0.717, 1.165) is 0 Å². The van der Waals surface area contributed by atoms with Gasteiger partial charge in [0.15, 0.2) is 6.61 Å². The lowest BCUT2D eigenvalue weighted by molar-refractivity contribution is -0.131. The molecule has 1 amide bonds. The molecule has 3 nitrogen and oxygen atoms in total. The number of benzene rings is 1. The van der Waals surface area contributed by atoms with Crippen LogP contribution in [-0.4, -0.2) is 31.0 Å². The van der Waals surface area contributed by atoms with Crippen molar-refractivity contribution in [2.24, 2.45) is 0 Å². The topological polar surface area (TPSA) is 29.5 Å². The van der Waals surface area contributed by atoms with Crippen LogP contribution in [0, 0.1) is 12.3 Å². The highest BCUT2D eigenvalue weighted by Gasteiger charge is 2.07. The van der Waals surface area contributed by atoms with Gasteiger partial charge in [0.05, 0.1) is 6.54 Å². The minimum atomic E-state index is -0.159. The Morgan fingerprint density at radius 2 is 2.12 bits per heavy atom. The first-order valence-electron chi connectivity index (χ1n) is 4.69. The molecule has 0 aliphatic heterocycles. The predicted molar refractivity (Wildman–Crippen MR) is 63.4 cm³/mol. The van der Waals surface area contributed by atoms with Crippen LogP contribution in [-0.2, 0) is 4.79 Å². The van der Waals surface area contributed by atoms with Crippen molar-refractivity contribution >= 4 is 17.5 Å². The number of halogens is 1. The molecule has 0 aliphatic rings. The monoisotopic (exact) mass is 237 g/mol. The molecule has 16 heavy (non-hydrogen) atoms. The molecule has 0 aliphatic carbocycles. The van der Waals surface area contributed by atoms with Gasteiger partial charge >= 0.3 is 0 Å². The van der Waals surface area contributed by atoms with Crippen LogP contribution in [0.3, 0.4) is 0 Å². The van der Waals surface area contributed by atoms with Crippen LogP contribution in [0.25, 0.3) is 0 Å². The van der Waals surface area contributed by atoms with Gasteiger partial charge in [-0.05, 0) is 24.3 Å². The Morgan fingerprint density at radius 3 is 2.69 bits per heavy atom. The van der Waals surface area contributed by atoms with Gasteiger partial charge in [0.25, 0.3) is 5.91 Å². The summed E-state index contributed by atoms with van der Waals surface area (Å²) in [4.78, 5) is 12.9. The molecule has 0 heterocycles. The zero-order valence-electron chi connectivity index (χ0n) is 8.94. The van der Waals surface area contributed by atoms with Crippen molar-refractivity contribution in [3.8, 4) is 18.1 Å². The summed E-state index contributed by atoms with van der Waals surface area (Å²) in [5.74, 6) is 2.83. The molecule has 0 aromatic heterocycles. The van der Waals surface area contributed by atoms with Crippen molar-refractivity contribution in [1.29, 1.82) is 0 Å². The first kappa shape index (κ1) is 12.4. The van der Waals surface area contributed by atoms with Gasteiger partial charge in [0.2, 0.25) is 0 Å². The molecule has 0 fully saturated rings. The van der Waals surface area contributed by atoms with Gasteiger partial charge in [-0.25, -0.2) is 0 Å². The quantitative estimate of drug-likeness (QED) is 0.748. The average Bonchev–Trinajstić information content (AvgIpc) is 2.28. The number of ether oxygens (including phenoxy) is 1. The Hall–Kier alpha value is -1.66. The summed E-state index contributed by atoms with van der Waals surface area (Å²) >= 11 is 5.71. The number of rotatable bonds is 4. The van der Waals surface area contributed by atoms with Crippen molar-refractivity contribution in [2.45, 2.75) is 0 Å². The second-order valence-corrected chi connectivity index (χ2v) is 3.63. The van der Waals surface area contributed by atoms with Gasteiger partial charge in [0, 0.05) is 12.1 Å². The van der Waals surface area contributed by atoms with Crippen molar-refractivity contribution in [3.63, 3.8) is 0 Å². The highest BCUT2D eigenvalue weighted by Crippen LogP contribution is 2.15. The third-order valence-corrected chi connectivity index (χ3v) is 2.18. The number of hydrogen-bond donors (Lipinski definition) is 0. The second kappa shape index (κ2) is 6.04. The van der Waals surface area contributed by atoms with E-state index in [9.17, 15) is 4.79 Å². The maximum atomic E-state index is 11.5. The zero-order valence-corrected chi connectivity index (χ0v) is 9.70. The number of likely N-dealkylation sites (N-methyl/N-ethyl adjacent to an activating group) is 1. The van der Waals surface area contributed by atoms with Crippen molar-refractivity contribution in [3.05, 3.63) is 29.3 Å². The number of carbonyl (C=O) groups is 1. The fourth-order valence-electron chi connectivity index (χ4n) is 1.01. The highest BCUT2D eigenvalue weighted by atomic mass is 35.5. The highest BCUT2D eigenvalue weighted by molar-refractivity contribution is 6.30. The second-order valence-electron chi connectivity index (χ2n) is 3.20. The lowest BCUT2D eigenvalue weighted by Gasteiger charge is -2.14. The number of terminal acetylenes is 1. The molecular weight excluding hydrogens is 226 g/mol. The molecule has 0 saturated heterocycles. The Morgan fingerprint density at radius 1 is 1.50 bits per heavy atom. The van der Waals surface area contributed by atoms with E-state index >= 15 is 0 Å². The van der Waals surface area contributed by atoms with Gasteiger partial charge in [-0.2, -0.15) is 0 Å². The molecule has 1 aromatic carbocycles. The van der Waals surface area contributed by atoms with Crippen molar-refractivity contribution < 1.29 is 9.53 Å². The van der Waals surface area contributed by atoms with Crippen molar-refractivity contribution in [2.75, 3.05) is 20.2 Å². The zero-order chi connectivity index (χ0) is 12.0. The SMILES string of the molecule is C#CCN(C)C(=O)COc1ccc(Cl)cc1. The molecule has 0 saturated carbocycles. The molecule has 4 heteroatoms. The fourth-order valence-corrected chi connectivity index (χ4v) is 1.14. The molecule has 1 aromatic rings. The van der Waals surface area contributed by atoms with E-state index in [1.54, 1.807) is 31.3 Å². The summed E-state index contributed by atoms with van der Waals surface area (Å²) in [7, 11) is 1.63. The van der Waals surface area contributed by atoms with Crippen LogP contribution in [0.4, 0.5) is 0 Å². The molecule has 84 valence electrons. The van der Waals surface area contributed by atoms with Crippen LogP contribution in [0.2, 0.25) is 5.02 Å². The molecule has 0 bridgehead atoms. The summed E-state index contributed by atoms with van der Waals surface area (Å²) in [6.45, 7) is 0.253. The van der Waals surface area contributed by atoms with Gasteiger partial charge in [-0.3, -0.25) is 4.79 Å². The maximum Gasteiger partial charge on any atom is 0.261 e. The lowest BCUT2D eigenvalue weighted by Crippen LogP contribution is -2.31. The van der Waals surface area contributed by atoms with E-state index in [0.29, 0.717) is 10.8 Å². The number of hydrogen-bond acceptors (Lipinski definition) is 2. The summed E-state index contributed by atoms with van der Waals surface area (Å²) < 4.78 is 5.27. The van der Waals surface area contributed by atoms with Gasteiger partial charge in [-0.1, -0.05) is 17.5 Å². The van der Waals surface area contributed by atoms with E-state index in [1.165, 1.54) is 4.90 Å². The van der Waals surface area contributed by atoms with Gasteiger partial charge < -0.3 is 9.64 Å². The Bertz CT molecular complexity index is 394. The van der Waals surface area contributed by atoms with Crippen LogP contribution in [0.15, 0.2) is 24.3 Å². The molecular formula is C12H12ClNO2. The van der Waals surface area contributed by atoms with Crippen LogP contribution >= 0.6 is 11.6 Å². The first-order valence-corrected chi connectivity index (χ1v) is 5.07. The van der Waals surface area contributed by atoms with Crippen LogP contribution in [0.5, 0.6) is 5.75 Å². The lowest BCUT2D eigenvalue weighted by atomic mass is 10.3. The summed E-state index contributed by atoms with van der Waals surface area (Å²) in [6, 6.07) is 6.81. The summed E-state index contributed by atoms with van der Waals surface area (Å²) in [5, 5.41) is 0.628. The van der Waals surface area contributed by atoms with Crippen molar-refractivity contribution in [1.82, 2.24) is 4.90 Å². The average molecular weight is 238 g/mol. The summed E-state index contributed by atoms with van der Waals surface area (Å²) in [6.07, 6.45) is 5.09. The largest absolute Gasteiger partial charge is 0.484 e. The standard InChI is InChI=1S/C12H12ClNO2/c1-3-8-14(2)12(15)9-16-11-6-4-10(13)5-7-11/h1,4-7H,8-9H2,2H3. The van der Waals surface area contributed by atoms with Crippen LogP contribution in [0.1, 0.15) is 0 Å². The smallest absolute Gasteiger partial charge is 0.261 e. The number of nitrogens with zero attached hydrogens (tertiary/aromatic N) is 1. The van der Waals surface area contributed by atoms with E-state index in [1.807, 2.05) is 0 Å². The minimum absolute atomic E-state index is 0.0280. The van der Waals surface area contributed by atoms with E-state index < -0.39 is 0 Å². The molecule has 0 N–H and O–H groups in total. The fraction of sp³-hybridized carbons (Fsp3) is 0.250. The van der Waals surface area contributed by atoms with Gasteiger partial charge in [-0.15, -0.1) is 6.42 Å².